The van der Waals surface area contributed by atoms with E-state index in [1.54, 1.807) is 24.3 Å². The van der Waals surface area contributed by atoms with Crippen molar-refractivity contribution in [3.63, 3.8) is 0 Å². The van der Waals surface area contributed by atoms with Gasteiger partial charge in [0.2, 0.25) is 11.1 Å². The van der Waals surface area contributed by atoms with Crippen molar-refractivity contribution in [2.75, 3.05) is 16.9 Å². The number of pyridine rings is 1. The number of nitrogens with one attached hydrogen (secondary N) is 1. The van der Waals surface area contributed by atoms with Gasteiger partial charge in [-0.15, -0.1) is 10.2 Å². The number of carbonyl (C=O) groups is 1. The number of aromatic nitrogens is 4. The Hall–Kier alpha value is -2.65. The minimum atomic E-state index is -0.353. The van der Waals surface area contributed by atoms with Gasteiger partial charge in [0.25, 0.3) is 0 Å². The fourth-order valence-corrected chi connectivity index (χ4v) is 2.70. The van der Waals surface area contributed by atoms with E-state index in [0.717, 1.165) is 11.8 Å². The van der Waals surface area contributed by atoms with Crippen molar-refractivity contribution >= 4 is 35.1 Å². The average Bonchev–Trinajstić information content (AvgIpc) is 2.97. The molecule has 10 heteroatoms. The standard InChI is InChI=1S/C15H12ClFN6OS/c16-10-3-6-12(19-7-10)20-13(24)8-25-15-22-21-14(23(15)18)9-1-4-11(17)5-2-9/h1-7H,8,18H2,(H,19,20,24). The van der Waals surface area contributed by atoms with Gasteiger partial charge in [0.15, 0.2) is 5.82 Å². The third-order valence-corrected chi connectivity index (χ3v) is 4.26. The summed E-state index contributed by atoms with van der Waals surface area (Å²) in [5.41, 5.74) is 0.623. The summed E-state index contributed by atoms with van der Waals surface area (Å²) in [7, 11) is 0. The van der Waals surface area contributed by atoms with Crippen LogP contribution in [0.2, 0.25) is 5.02 Å². The lowest BCUT2D eigenvalue weighted by atomic mass is 10.2. The molecular weight excluding hydrogens is 367 g/mol. The van der Waals surface area contributed by atoms with E-state index >= 15 is 0 Å². The molecule has 0 atom stereocenters. The lowest BCUT2D eigenvalue weighted by Crippen LogP contribution is -2.17. The third-order valence-electron chi connectivity index (χ3n) is 3.09. The number of hydrogen-bond acceptors (Lipinski definition) is 6. The highest BCUT2D eigenvalue weighted by Gasteiger charge is 2.14. The number of benzene rings is 1. The number of nitrogens with zero attached hydrogens (tertiary/aromatic N) is 4. The van der Waals surface area contributed by atoms with Gasteiger partial charge in [-0.3, -0.25) is 4.79 Å². The van der Waals surface area contributed by atoms with Crippen LogP contribution < -0.4 is 11.2 Å². The molecule has 0 bridgehead atoms. The Morgan fingerprint density at radius 3 is 2.68 bits per heavy atom. The summed E-state index contributed by atoms with van der Waals surface area (Å²) in [6.45, 7) is 0. The van der Waals surface area contributed by atoms with Gasteiger partial charge < -0.3 is 11.2 Å². The van der Waals surface area contributed by atoms with Gasteiger partial charge in [-0.25, -0.2) is 14.1 Å². The molecule has 0 radical (unpaired) electrons. The summed E-state index contributed by atoms with van der Waals surface area (Å²) in [5.74, 6) is 6.17. The molecule has 2 heterocycles. The number of amides is 1. The van der Waals surface area contributed by atoms with Crippen LogP contribution in [0.1, 0.15) is 0 Å². The van der Waals surface area contributed by atoms with Crippen molar-refractivity contribution in [1.29, 1.82) is 0 Å². The second-order valence-corrected chi connectivity index (χ2v) is 6.26. The predicted octanol–water partition coefficient (Wildman–Crippen LogP) is 2.58. The van der Waals surface area contributed by atoms with Crippen LogP contribution >= 0.6 is 23.4 Å². The van der Waals surface area contributed by atoms with Crippen LogP contribution in [0, 0.1) is 5.82 Å². The van der Waals surface area contributed by atoms with E-state index in [1.807, 2.05) is 0 Å². The number of rotatable bonds is 5. The maximum Gasteiger partial charge on any atom is 0.236 e. The quantitative estimate of drug-likeness (QED) is 0.523. The minimum absolute atomic E-state index is 0.0725. The van der Waals surface area contributed by atoms with Gasteiger partial charge in [-0.2, -0.15) is 0 Å². The van der Waals surface area contributed by atoms with E-state index in [-0.39, 0.29) is 17.5 Å². The van der Waals surface area contributed by atoms with Gasteiger partial charge in [-0.1, -0.05) is 23.4 Å². The zero-order valence-corrected chi connectivity index (χ0v) is 14.3. The Bertz CT molecular complexity index is 884. The molecular formula is C15H12ClFN6OS. The molecule has 3 N–H and O–H groups in total. The number of halogens is 2. The molecule has 25 heavy (non-hydrogen) atoms. The number of nitrogen functional groups attached to an aromatic ring is 1. The Kier molecular flexibility index (Phi) is 5.15. The molecule has 7 nitrogen and oxygen atoms in total. The van der Waals surface area contributed by atoms with Crippen LogP contribution in [0.25, 0.3) is 11.4 Å². The zero-order chi connectivity index (χ0) is 17.8. The van der Waals surface area contributed by atoms with E-state index in [2.05, 4.69) is 20.5 Å². The molecule has 0 spiro atoms. The van der Waals surface area contributed by atoms with Gasteiger partial charge >= 0.3 is 0 Å². The Labute approximate surface area is 151 Å². The van der Waals surface area contributed by atoms with Crippen molar-refractivity contribution in [2.24, 2.45) is 0 Å². The predicted molar refractivity (Wildman–Crippen MR) is 94.2 cm³/mol. The lowest BCUT2D eigenvalue weighted by Gasteiger charge is -2.05. The van der Waals surface area contributed by atoms with Crippen molar-refractivity contribution in [1.82, 2.24) is 19.9 Å². The van der Waals surface area contributed by atoms with Crippen molar-refractivity contribution in [2.45, 2.75) is 5.16 Å². The number of nitrogens with two attached hydrogens (primary N) is 1. The molecule has 0 saturated carbocycles. The van der Waals surface area contributed by atoms with Crippen LogP contribution in [-0.4, -0.2) is 31.5 Å². The number of anilines is 1. The highest BCUT2D eigenvalue weighted by atomic mass is 35.5. The fraction of sp³-hybridized carbons (Fsp3) is 0.0667. The second kappa shape index (κ2) is 7.49. The molecule has 0 aliphatic carbocycles. The molecule has 3 rings (SSSR count). The van der Waals surface area contributed by atoms with Crippen molar-refractivity contribution in [3.05, 3.63) is 53.4 Å². The molecule has 0 aliphatic heterocycles. The summed E-state index contributed by atoms with van der Waals surface area (Å²) < 4.78 is 14.2. The Morgan fingerprint density at radius 2 is 2.00 bits per heavy atom. The fourth-order valence-electron chi connectivity index (χ4n) is 1.93. The number of thioether (sulfide) groups is 1. The third kappa shape index (κ3) is 4.25. The normalized spacial score (nSPS) is 10.6. The first-order valence-corrected chi connectivity index (χ1v) is 8.40. The number of carbonyl (C=O) groups excluding carboxylic acids is 1. The summed E-state index contributed by atoms with van der Waals surface area (Å²) in [6.07, 6.45) is 1.44. The highest BCUT2D eigenvalue weighted by molar-refractivity contribution is 7.99. The van der Waals surface area contributed by atoms with Gasteiger partial charge in [0.1, 0.15) is 11.6 Å². The van der Waals surface area contributed by atoms with E-state index < -0.39 is 0 Å². The maximum atomic E-state index is 13.0. The molecule has 2 aromatic heterocycles. The SMILES string of the molecule is Nn1c(SCC(=O)Nc2ccc(Cl)cn2)nnc1-c1ccc(F)cc1. The van der Waals surface area contributed by atoms with Crippen LogP contribution in [-0.2, 0) is 4.79 Å². The zero-order valence-electron chi connectivity index (χ0n) is 12.7. The molecule has 1 aromatic carbocycles. The second-order valence-electron chi connectivity index (χ2n) is 4.88. The van der Waals surface area contributed by atoms with Gasteiger partial charge in [0.05, 0.1) is 10.8 Å². The largest absolute Gasteiger partial charge is 0.335 e. The van der Waals surface area contributed by atoms with E-state index in [4.69, 9.17) is 17.4 Å². The van der Waals surface area contributed by atoms with E-state index in [0.29, 0.717) is 27.4 Å². The summed E-state index contributed by atoms with van der Waals surface area (Å²) in [6, 6.07) is 8.95. The van der Waals surface area contributed by atoms with Gasteiger partial charge in [0, 0.05) is 11.8 Å². The first-order valence-electron chi connectivity index (χ1n) is 7.03. The Morgan fingerprint density at radius 1 is 1.24 bits per heavy atom. The summed E-state index contributed by atoms with van der Waals surface area (Å²) >= 11 is 6.86. The van der Waals surface area contributed by atoms with Gasteiger partial charge in [-0.05, 0) is 36.4 Å². The topological polar surface area (TPSA) is 98.7 Å². The molecule has 0 saturated heterocycles. The van der Waals surface area contributed by atoms with Crippen LogP contribution in [0.15, 0.2) is 47.8 Å². The maximum absolute atomic E-state index is 13.0. The van der Waals surface area contributed by atoms with Crippen LogP contribution in [0.5, 0.6) is 0 Å². The van der Waals surface area contributed by atoms with Crippen LogP contribution in [0.4, 0.5) is 10.2 Å². The van der Waals surface area contributed by atoms with Crippen molar-refractivity contribution in [3.8, 4) is 11.4 Å². The summed E-state index contributed by atoms with van der Waals surface area (Å²) in [5, 5.41) is 11.4. The molecule has 3 aromatic rings. The molecule has 0 aliphatic rings. The van der Waals surface area contributed by atoms with Crippen LogP contribution in [0.3, 0.4) is 0 Å². The molecule has 128 valence electrons. The summed E-state index contributed by atoms with van der Waals surface area (Å²) in [4.78, 5) is 15.9. The van der Waals surface area contributed by atoms with E-state index in [9.17, 15) is 9.18 Å². The monoisotopic (exact) mass is 378 g/mol. The highest BCUT2D eigenvalue weighted by Crippen LogP contribution is 2.22. The van der Waals surface area contributed by atoms with Crippen molar-refractivity contribution < 1.29 is 9.18 Å². The number of hydrogen-bond donors (Lipinski definition) is 2. The molecule has 0 fully saturated rings. The first-order chi connectivity index (χ1) is 12.0. The first kappa shape index (κ1) is 17.2. The minimum Gasteiger partial charge on any atom is -0.335 e. The molecule has 1 amide bonds. The molecule has 0 unspecified atom stereocenters. The van der Waals surface area contributed by atoms with E-state index in [1.165, 1.54) is 23.0 Å². The smallest absolute Gasteiger partial charge is 0.236 e. The Balaban J connectivity index is 1.62. The average molecular weight is 379 g/mol. The lowest BCUT2D eigenvalue weighted by molar-refractivity contribution is -0.113.